The van der Waals surface area contributed by atoms with Crippen molar-refractivity contribution in [3.8, 4) is 0 Å². The molecule has 0 radical (unpaired) electrons. The van der Waals surface area contributed by atoms with Crippen molar-refractivity contribution in [2.45, 2.75) is 54.4 Å². The number of hydrogen-bond donors (Lipinski definition) is 0. The Morgan fingerprint density at radius 3 is 2.32 bits per heavy atom. The Kier molecular flexibility index (Phi) is 7.33. The molecule has 1 aliphatic carbocycles. The normalized spacial score (nSPS) is 20.3. The minimum absolute atomic E-state index is 0.142. The monoisotopic (exact) mass is 353 g/mol. The second kappa shape index (κ2) is 8.78. The third kappa shape index (κ3) is 4.90. The summed E-state index contributed by atoms with van der Waals surface area (Å²) in [4.78, 5) is 42.1. The van der Waals surface area contributed by atoms with Gasteiger partial charge in [-0.2, -0.15) is 0 Å². The Morgan fingerprint density at radius 1 is 1.20 bits per heavy atom. The van der Waals surface area contributed by atoms with Gasteiger partial charge in [-0.25, -0.2) is 0 Å². The first kappa shape index (κ1) is 20.9. The predicted molar refractivity (Wildman–Crippen MR) is 91.7 cm³/mol. The maximum absolute atomic E-state index is 13.1. The summed E-state index contributed by atoms with van der Waals surface area (Å²) in [6.45, 7) is 10.6. The third-order valence-corrected chi connectivity index (χ3v) is 3.90. The van der Waals surface area contributed by atoms with Crippen LogP contribution in [0.1, 0.15) is 54.4 Å². The average molecular weight is 353 g/mol. The van der Waals surface area contributed by atoms with Crippen LogP contribution in [0.3, 0.4) is 0 Å². The van der Waals surface area contributed by atoms with Crippen LogP contribution in [0, 0.1) is 11.3 Å². The molecule has 0 bridgehead atoms. The van der Waals surface area contributed by atoms with Crippen LogP contribution in [0.5, 0.6) is 0 Å². The smallest absolute Gasteiger partial charge is 0.317 e. The van der Waals surface area contributed by atoms with Crippen molar-refractivity contribution in [3.05, 3.63) is 11.3 Å². The molecule has 1 rings (SSSR count). The molecular formula is C18H27NO6. The molecule has 7 heteroatoms. The standard InChI is InChI=1S/C18H27NO6/c1-7-12(19-24-9-3)14-13(25-11(4)20)10-18(5,6)15(16(14)21)17(22)23-8-2/h15H,7-10H2,1-6H3. The molecule has 25 heavy (non-hydrogen) atoms. The number of rotatable bonds is 7. The number of carbonyl (C=O) groups excluding carboxylic acids is 3. The van der Waals surface area contributed by atoms with Crippen molar-refractivity contribution < 1.29 is 28.7 Å². The first-order valence-electron chi connectivity index (χ1n) is 8.51. The van der Waals surface area contributed by atoms with E-state index < -0.39 is 29.1 Å². The number of carbonyl (C=O) groups is 3. The van der Waals surface area contributed by atoms with Crippen LogP contribution in [0.4, 0.5) is 0 Å². The first-order valence-corrected chi connectivity index (χ1v) is 8.51. The van der Waals surface area contributed by atoms with E-state index in [4.69, 9.17) is 14.3 Å². The number of esters is 2. The van der Waals surface area contributed by atoms with Crippen LogP contribution in [0.2, 0.25) is 0 Å². The molecule has 0 amide bonds. The van der Waals surface area contributed by atoms with Crippen molar-refractivity contribution in [2.75, 3.05) is 13.2 Å². The molecule has 1 atom stereocenters. The molecule has 1 unspecified atom stereocenters. The molecule has 0 aromatic heterocycles. The topological polar surface area (TPSA) is 91.3 Å². The second-order valence-corrected chi connectivity index (χ2v) is 6.42. The van der Waals surface area contributed by atoms with E-state index in [1.54, 1.807) is 27.7 Å². The maximum Gasteiger partial charge on any atom is 0.317 e. The molecule has 0 saturated carbocycles. The fraction of sp³-hybridized carbons (Fsp3) is 0.667. The summed E-state index contributed by atoms with van der Waals surface area (Å²) in [6.07, 6.45) is 0.629. The number of Topliss-reactive ketones (excluding diaryl/α,β-unsaturated/α-hetero) is 1. The number of ether oxygens (including phenoxy) is 2. The van der Waals surface area contributed by atoms with E-state index in [0.717, 1.165) is 0 Å². The van der Waals surface area contributed by atoms with Crippen LogP contribution in [-0.4, -0.2) is 36.6 Å². The summed E-state index contributed by atoms with van der Waals surface area (Å²) in [5.41, 5.74) is -0.251. The summed E-state index contributed by atoms with van der Waals surface area (Å²) >= 11 is 0. The third-order valence-electron chi connectivity index (χ3n) is 3.90. The highest BCUT2D eigenvalue weighted by Gasteiger charge is 2.49. The molecule has 0 fully saturated rings. The van der Waals surface area contributed by atoms with E-state index in [9.17, 15) is 14.4 Å². The van der Waals surface area contributed by atoms with Crippen LogP contribution < -0.4 is 0 Å². The molecule has 0 spiro atoms. The lowest BCUT2D eigenvalue weighted by Crippen LogP contribution is -2.45. The predicted octanol–water partition coefficient (Wildman–Crippen LogP) is 2.78. The first-order chi connectivity index (χ1) is 11.7. The van der Waals surface area contributed by atoms with Crippen LogP contribution in [-0.2, 0) is 28.7 Å². The zero-order valence-electron chi connectivity index (χ0n) is 15.8. The van der Waals surface area contributed by atoms with Gasteiger partial charge in [-0.05, 0) is 25.7 Å². The Morgan fingerprint density at radius 2 is 1.84 bits per heavy atom. The van der Waals surface area contributed by atoms with Crippen molar-refractivity contribution in [1.29, 1.82) is 0 Å². The largest absolute Gasteiger partial charge is 0.465 e. The fourth-order valence-corrected chi connectivity index (χ4v) is 2.89. The van der Waals surface area contributed by atoms with E-state index in [1.807, 2.05) is 6.92 Å². The van der Waals surface area contributed by atoms with E-state index in [1.165, 1.54) is 6.92 Å². The van der Waals surface area contributed by atoms with Crippen molar-refractivity contribution in [3.63, 3.8) is 0 Å². The summed E-state index contributed by atoms with van der Waals surface area (Å²) in [5, 5.41) is 3.97. The quantitative estimate of drug-likeness (QED) is 0.302. The van der Waals surface area contributed by atoms with Gasteiger partial charge in [0.05, 0.1) is 17.9 Å². The van der Waals surface area contributed by atoms with Gasteiger partial charge in [0.25, 0.3) is 0 Å². The molecular weight excluding hydrogens is 326 g/mol. The summed E-state index contributed by atoms with van der Waals surface area (Å²) in [7, 11) is 0. The molecule has 0 heterocycles. The lowest BCUT2D eigenvalue weighted by molar-refractivity contribution is -0.156. The van der Waals surface area contributed by atoms with Gasteiger partial charge in [-0.15, -0.1) is 0 Å². The Balaban J connectivity index is 3.49. The highest BCUT2D eigenvalue weighted by molar-refractivity contribution is 6.27. The van der Waals surface area contributed by atoms with Crippen molar-refractivity contribution in [1.82, 2.24) is 0 Å². The Hall–Kier alpha value is -2.18. The van der Waals surface area contributed by atoms with Gasteiger partial charge in [0, 0.05) is 13.3 Å². The lowest BCUT2D eigenvalue weighted by Gasteiger charge is -2.37. The van der Waals surface area contributed by atoms with Gasteiger partial charge >= 0.3 is 11.9 Å². The van der Waals surface area contributed by atoms with Gasteiger partial charge in [0.1, 0.15) is 18.3 Å². The summed E-state index contributed by atoms with van der Waals surface area (Å²) in [5.74, 6) is -2.32. The van der Waals surface area contributed by atoms with Crippen LogP contribution >= 0.6 is 0 Å². The van der Waals surface area contributed by atoms with Crippen LogP contribution in [0.25, 0.3) is 0 Å². The van der Waals surface area contributed by atoms with Gasteiger partial charge in [0.15, 0.2) is 5.78 Å². The minimum Gasteiger partial charge on any atom is -0.465 e. The molecule has 0 saturated heterocycles. The number of nitrogens with zero attached hydrogens (tertiary/aromatic N) is 1. The van der Waals surface area contributed by atoms with E-state index >= 15 is 0 Å². The fourth-order valence-electron chi connectivity index (χ4n) is 2.89. The number of oxime groups is 1. The zero-order chi connectivity index (χ0) is 19.2. The molecule has 0 aliphatic heterocycles. The molecule has 0 aromatic rings. The Labute approximate surface area is 148 Å². The van der Waals surface area contributed by atoms with Gasteiger partial charge in [0.2, 0.25) is 0 Å². The van der Waals surface area contributed by atoms with Gasteiger partial charge in [-0.3, -0.25) is 14.4 Å². The molecule has 0 N–H and O–H groups in total. The highest BCUT2D eigenvalue weighted by Crippen LogP contribution is 2.43. The number of hydrogen-bond acceptors (Lipinski definition) is 7. The lowest BCUT2D eigenvalue weighted by atomic mass is 9.67. The van der Waals surface area contributed by atoms with Crippen molar-refractivity contribution >= 4 is 23.4 Å². The van der Waals surface area contributed by atoms with Gasteiger partial charge in [-0.1, -0.05) is 25.9 Å². The summed E-state index contributed by atoms with van der Waals surface area (Å²) in [6, 6.07) is 0. The number of ketones is 1. The van der Waals surface area contributed by atoms with E-state index in [2.05, 4.69) is 5.16 Å². The van der Waals surface area contributed by atoms with E-state index in [0.29, 0.717) is 18.7 Å². The SMILES string of the molecule is CCON=C(CC)C1=C(OC(C)=O)CC(C)(C)C(C(=O)OCC)C1=O. The molecule has 7 nitrogen and oxygen atoms in total. The number of allylic oxidation sites excluding steroid dienone is 2. The molecule has 1 aliphatic rings. The highest BCUT2D eigenvalue weighted by atomic mass is 16.6. The summed E-state index contributed by atoms with van der Waals surface area (Å²) < 4.78 is 10.4. The second-order valence-electron chi connectivity index (χ2n) is 6.42. The maximum atomic E-state index is 13.1. The average Bonchev–Trinajstić information content (AvgIpc) is 2.48. The molecule has 140 valence electrons. The van der Waals surface area contributed by atoms with Crippen LogP contribution in [0.15, 0.2) is 16.5 Å². The zero-order valence-corrected chi connectivity index (χ0v) is 15.8. The van der Waals surface area contributed by atoms with E-state index in [-0.39, 0.29) is 24.4 Å². The van der Waals surface area contributed by atoms with Crippen molar-refractivity contribution in [2.24, 2.45) is 16.5 Å². The molecule has 0 aromatic carbocycles. The Bertz CT molecular complexity index is 603. The minimum atomic E-state index is -0.986. The van der Waals surface area contributed by atoms with Gasteiger partial charge < -0.3 is 14.3 Å².